The van der Waals surface area contributed by atoms with E-state index in [-0.39, 0.29) is 0 Å². The van der Waals surface area contributed by atoms with Crippen LogP contribution >= 0.6 is 0 Å². The Balaban J connectivity index is 2.30. The molecule has 0 aliphatic heterocycles. The quantitative estimate of drug-likeness (QED) is 0.609. The summed E-state index contributed by atoms with van der Waals surface area (Å²) >= 11 is 0. The van der Waals surface area contributed by atoms with Crippen LogP contribution < -0.4 is 0 Å². The first-order chi connectivity index (χ1) is 9.74. The van der Waals surface area contributed by atoms with Gasteiger partial charge < -0.3 is 0 Å². The van der Waals surface area contributed by atoms with Gasteiger partial charge in [0, 0.05) is 0 Å². The van der Waals surface area contributed by atoms with E-state index in [4.69, 9.17) is 0 Å². The Morgan fingerprint density at radius 2 is 1.45 bits per heavy atom. The third-order valence-electron chi connectivity index (χ3n) is 3.29. The van der Waals surface area contributed by atoms with Crippen molar-refractivity contribution in [1.82, 2.24) is 0 Å². The van der Waals surface area contributed by atoms with E-state index in [2.05, 4.69) is 68.1 Å². The van der Waals surface area contributed by atoms with E-state index in [0.29, 0.717) is 0 Å². The maximum absolute atomic E-state index is 3.88. The van der Waals surface area contributed by atoms with E-state index < -0.39 is 0 Å². The van der Waals surface area contributed by atoms with E-state index in [1.54, 1.807) is 0 Å². The van der Waals surface area contributed by atoms with Crippen molar-refractivity contribution in [3.8, 4) is 11.1 Å². The lowest BCUT2D eigenvalue weighted by Crippen LogP contribution is -1.83. The Labute approximate surface area is 121 Å². The SMILES string of the molecule is C=C/C(=C\C=C/C)c1ccc(-c2ccc(C)cc2)cc1. The minimum absolute atomic E-state index is 1.14. The monoisotopic (exact) mass is 260 g/mol. The maximum atomic E-state index is 3.88. The van der Waals surface area contributed by atoms with Crippen molar-refractivity contribution in [3.05, 3.63) is 90.5 Å². The summed E-state index contributed by atoms with van der Waals surface area (Å²) in [7, 11) is 0. The molecule has 100 valence electrons. The molecule has 0 heterocycles. The molecule has 20 heavy (non-hydrogen) atoms. The summed E-state index contributed by atoms with van der Waals surface area (Å²) in [5.74, 6) is 0. The highest BCUT2D eigenvalue weighted by atomic mass is 14.0. The van der Waals surface area contributed by atoms with E-state index in [1.807, 2.05) is 25.2 Å². The number of allylic oxidation sites excluding steroid dienone is 5. The summed E-state index contributed by atoms with van der Waals surface area (Å²) < 4.78 is 0. The molecule has 0 aromatic heterocycles. The Hall–Kier alpha value is -2.34. The summed E-state index contributed by atoms with van der Waals surface area (Å²) in [5, 5.41) is 0. The highest BCUT2D eigenvalue weighted by molar-refractivity contribution is 5.76. The molecule has 2 aromatic carbocycles. The molecule has 2 aromatic rings. The summed E-state index contributed by atoms with van der Waals surface area (Å²) in [4.78, 5) is 0. The molecule has 0 N–H and O–H groups in total. The first kappa shape index (κ1) is 14.1. The minimum Gasteiger partial charge on any atom is -0.0984 e. The molecule has 0 bridgehead atoms. The molecular formula is C20H20. The van der Waals surface area contributed by atoms with Gasteiger partial charge in [0.1, 0.15) is 0 Å². The van der Waals surface area contributed by atoms with Crippen molar-refractivity contribution < 1.29 is 0 Å². The highest BCUT2D eigenvalue weighted by Crippen LogP contribution is 2.23. The number of benzene rings is 2. The van der Waals surface area contributed by atoms with Crippen molar-refractivity contribution in [2.45, 2.75) is 13.8 Å². The Morgan fingerprint density at radius 3 is 1.95 bits per heavy atom. The molecule has 0 nitrogen and oxygen atoms in total. The van der Waals surface area contributed by atoms with Gasteiger partial charge in [-0.2, -0.15) is 0 Å². The predicted molar refractivity (Wildman–Crippen MR) is 89.6 cm³/mol. The zero-order valence-corrected chi connectivity index (χ0v) is 12.1. The largest absolute Gasteiger partial charge is 0.0984 e. The molecule has 0 aliphatic carbocycles. The predicted octanol–water partition coefficient (Wildman–Crippen LogP) is 5.81. The average Bonchev–Trinajstić information content (AvgIpc) is 2.49. The third kappa shape index (κ3) is 3.36. The van der Waals surface area contributed by atoms with Crippen LogP contribution in [0.5, 0.6) is 0 Å². The fourth-order valence-corrected chi connectivity index (χ4v) is 2.08. The second-order valence-corrected chi connectivity index (χ2v) is 4.80. The molecular weight excluding hydrogens is 240 g/mol. The van der Waals surface area contributed by atoms with Gasteiger partial charge in [0.25, 0.3) is 0 Å². The lowest BCUT2D eigenvalue weighted by molar-refractivity contribution is 1.47. The number of rotatable bonds is 4. The first-order valence-corrected chi connectivity index (χ1v) is 6.87. The second kappa shape index (κ2) is 6.72. The van der Waals surface area contributed by atoms with Gasteiger partial charge >= 0.3 is 0 Å². The van der Waals surface area contributed by atoms with Crippen LogP contribution in [0.4, 0.5) is 0 Å². The molecule has 0 unspecified atom stereocenters. The van der Waals surface area contributed by atoms with Crippen LogP contribution in [-0.2, 0) is 0 Å². The van der Waals surface area contributed by atoms with Gasteiger partial charge in [-0.1, -0.05) is 85.0 Å². The molecule has 0 fully saturated rings. The van der Waals surface area contributed by atoms with Crippen LogP contribution in [0, 0.1) is 6.92 Å². The fraction of sp³-hybridized carbons (Fsp3) is 0.100. The number of hydrogen-bond acceptors (Lipinski definition) is 0. The Morgan fingerprint density at radius 1 is 0.900 bits per heavy atom. The van der Waals surface area contributed by atoms with Crippen LogP contribution in [0.25, 0.3) is 16.7 Å². The lowest BCUT2D eigenvalue weighted by Gasteiger charge is -2.05. The number of hydrogen-bond donors (Lipinski definition) is 0. The third-order valence-corrected chi connectivity index (χ3v) is 3.29. The van der Waals surface area contributed by atoms with Gasteiger partial charge in [-0.15, -0.1) is 0 Å². The smallest absolute Gasteiger partial charge is 0.0184 e. The van der Waals surface area contributed by atoms with Gasteiger partial charge in [0.05, 0.1) is 0 Å². The van der Waals surface area contributed by atoms with Crippen LogP contribution in [0.15, 0.2) is 79.4 Å². The van der Waals surface area contributed by atoms with Gasteiger partial charge in [0.2, 0.25) is 0 Å². The van der Waals surface area contributed by atoms with Crippen LogP contribution in [0.3, 0.4) is 0 Å². The molecule has 0 spiro atoms. The molecule has 0 aliphatic rings. The Kier molecular flexibility index (Phi) is 4.73. The van der Waals surface area contributed by atoms with Gasteiger partial charge in [-0.05, 0) is 36.1 Å². The molecule has 0 amide bonds. The summed E-state index contributed by atoms with van der Waals surface area (Å²) in [6.07, 6.45) is 8.02. The lowest BCUT2D eigenvalue weighted by atomic mass is 9.99. The molecule has 0 heteroatoms. The van der Waals surface area contributed by atoms with E-state index in [1.165, 1.54) is 22.3 Å². The standard InChI is InChI=1S/C20H20/c1-4-6-7-17(5-2)18-12-14-20(15-13-18)19-10-8-16(3)9-11-19/h4-15H,2H2,1,3H3/b6-4-,17-7+. The van der Waals surface area contributed by atoms with Crippen molar-refractivity contribution >= 4 is 5.57 Å². The van der Waals surface area contributed by atoms with Crippen LogP contribution in [0.1, 0.15) is 18.1 Å². The molecule has 0 saturated heterocycles. The normalized spacial score (nSPS) is 11.8. The first-order valence-electron chi connectivity index (χ1n) is 6.87. The zero-order valence-electron chi connectivity index (χ0n) is 12.1. The summed E-state index contributed by atoms with van der Waals surface area (Å²) in [6.45, 7) is 8.00. The average molecular weight is 260 g/mol. The molecule has 0 atom stereocenters. The van der Waals surface area contributed by atoms with Gasteiger partial charge in [0.15, 0.2) is 0 Å². The second-order valence-electron chi connectivity index (χ2n) is 4.80. The van der Waals surface area contributed by atoms with Crippen LogP contribution in [0.2, 0.25) is 0 Å². The van der Waals surface area contributed by atoms with Gasteiger partial charge in [-0.3, -0.25) is 0 Å². The van der Waals surface area contributed by atoms with E-state index in [0.717, 1.165) is 5.57 Å². The maximum Gasteiger partial charge on any atom is -0.0184 e. The van der Waals surface area contributed by atoms with Crippen molar-refractivity contribution in [3.63, 3.8) is 0 Å². The zero-order chi connectivity index (χ0) is 14.4. The molecule has 0 radical (unpaired) electrons. The van der Waals surface area contributed by atoms with Crippen LogP contribution in [-0.4, -0.2) is 0 Å². The van der Waals surface area contributed by atoms with Crippen molar-refractivity contribution in [2.75, 3.05) is 0 Å². The number of aryl methyl sites for hydroxylation is 1. The van der Waals surface area contributed by atoms with Crippen molar-refractivity contribution in [1.29, 1.82) is 0 Å². The highest BCUT2D eigenvalue weighted by Gasteiger charge is 2.00. The van der Waals surface area contributed by atoms with E-state index in [9.17, 15) is 0 Å². The fourth-order valence-electron chi connectivity index (χ4n) is 2.08. The molecule has 2 rings (SSSR count). The minimum atomic E-state index is 1.14. The van der Waals surface area contributed by atoms with E-state index >= 15 is 0 Å². The summed E-state index contributed by atoms with van der Waals surface area (Å²) in [6, 6.07) is 17.2. The summed E-state index contributed by atoms with van der Waals surface area (Å²) in [5.41, 5.74) is 6.10. The Bertz CT molecular complexity index is 623. The van der Waals surface area contributed by atoms with Crippen molar-refractivity contribution in [2.24, 2.45) is 0 Å². The van der Waals surface area contributed by atoms with Gasteiger partial charge in [-0.25, -0.2) is 0 Å². The molecule has 0 saturated carbocycles. The topological polar surface area (TPSA) is 0 Å².